The van der Waals surface area contributed by atoms with E-state index in [2.05, 4.69) is 21.2 Å². The van der Waals surface area contributed by atoms with Crippen molar-refractivity contribution in [3.05, 3.63) is 34.3 Å². The molecule has 2 rings (SSSR count). The Kier molecular flexibility index (Phi) is 5.27. The van der Waals surface area contributed by atoms with Crippen molar-refractivity contribution in [2.75, 3.05) is 0 Å². The van der Waals surface area contributed by atoms with Gasteiger partial charge in [0.2, 0.25) is 11.8 Å². The van der Waals surface area contributed by atoms with Crippen molar-refractivity contribution in [3.63, 3.8) is 0 Å². The van der Waals surface area contributed by atoms with Gasteiger partial charge < -0.3 is 11.1 Å². The monoisotopic (exact) mass is 366 g/mol. The van der Waals surface area contributed by atoms with Crippen LogP contribution in [0.1, 0.15) is 45.1 Å². The fraction of sp³-hybridized carbons (Fsp3) is 0.529. The Morgan fingerprint density at radius 1 is 1.32 bits per heavy atom. The van der Waals surface area contributed by atoms with E-state index in [1.54, 1.807) is 0 Å². The number of carbonyl (C=O) groups is 2. The molecule has 0 aliphatic heterocycles. The van der Waals surface area contributed by atoms with E-state index in [1.165, 1.54) is 0 Å². The zero-order chi connectivity index (χ0) is 16.3. The topological polar surface area (TPSA) is 72.2 Å². The molecule has 4 nitrogen and oxygen atoms in total. The molecule has 1 fully saturated rings. The van der Waals surface area contributed by atoms with Gasteiger partial charge in [-0.25, -0.2) is 0 Å². The molecule has 2 amide bonds. The van der Waals surface area contributed by atoms with Crippen LogP contribution in [0.5, 0.6) is 0 Å². The molecule has 1 aliphatic carbocycles. The number of halogens is 1. The zero-order valence-corrected chi connectivity index (χ0v) is 14.7. The molecule has 1 aromatic carbocycles. The van der Waals surface area contributed by atoms with Crippen LogP contribution in [0, 0.1) is 5.92 Å². The maximum atomic E-state index is 12.9. The molecule has 1 unspecified atom stereocenters. The van der Waals surface area contributed by atoms with Crippen LogP contribution in [0.4, 0.5) is 0 Å². The average molecular weight is 367 g/mol. The number of primary amides is 1. The van der Waals surface area contributed by atoms with Crippen molar-refractivity contribution in [1.82, 2.24) is 5.32 Å². The van der Waals surface area contributed by atoms with E-state index in [4.69, 9.17) is 5.73 Å². The SMILES string of the molecule is CC(C)CC(NC(=O)C1(c2ccccc2Br)CCC1)C(N)=O. The van der Waals surface area contributed by atoms with E-state index >= 15 is 0 Å². The van der Waals surface area contributed by atoms with Crippen LogP contribution in [-0.4, -0.2) is 17.9 Å². The summed E-state index contributed by atoms with van der Waals surface area (Å²) in [5, 5.41) is 2.88. The zero-order valence-electron chi connectivity index (χ0n) is 13.1. The summed E-state index contributed by atoms with van der Waals surface area (Å²) in [6, 6.07) is 7.19. The van der Waals surface area contributed by atoms with Gasteiger partial charge in [-0.1, -0.05) is 54.4 Å². The Balaban J connectivity index is 2.22. The largest absolute Gasteiger partial charge is 0.368 e. The highest BCUT2D eigenvalue weighted by Crippen LogP contribution is 2.46. The first kappa shape index (κ1) is 17.0. The number of carbonyl (C=O) groups excluding carboxylic acids is 2. The number of rotatable bonds is 6. The van der Waals surface area contributed by atoms with E-state index in [0.29, 0.717) is 12.3 Å². The molecule has 0 spiro atoms. The standard InChI is InChI=1S/C17H23BrN2O2/c1-11(2)10-14(15(19)21)20-16(22)17(8-5-9-17)12-6-3-4-7-13(12)18/h3-4,6-7,11,14H,5,8-10H2,1-2H3,(H2,19,21)(H,20,22). The van der Waals surface area contributed by atoms with Crippen LogP contribution in [0.15, 0.2) is 28.7 Å². The highest BCUT2D eigenvalue weighted by molar-refractivity contribution is 9.10. The van der Waals surface area contributed by atoms with Gasteiger partial charge in [-0.05, 0) is 36.8 Å². The average Bonchev–Trinajstić information content (AvgIpc) is 2.38. The smallest absolute Gasteiger partial charge is 0.240 e. The Morgan fingerprint density at radius 3 is 2.41 bits per heavy atom. The van der Waals surface area contributed by atoms with Gasteiger partial charge in [-0.2, -0.15) is 0 Å². The summed E-state index contributed by atoms with van der Waals surface area (Å²) in [5.41, 5.74) is 5.90. The first-order valence-electron chi connectivity index (χ1n) is 7.72. The van der Waals surface area contributed by atoms with Crippen LogP contribution >= 0.6 is 15.9 Å². The van der Waals surface area contributed by atoms with Gasteiger partial charge >= 0.3 is 0 Å². The highest BCUT2D eigenvalue weighted by atomic mass is 79.9. The minimum atomic E-state index is -0.604. The maximum absolute atomic E-state index is 12.9. The van der Waals surface area contributed by atoms with Crippen LogP contribution in [0.2, 0.25) is 0 Å². The fourth-order valence-electron chi connectivity index (χ4n) is 3.01. The first-order chi connectivity index (χ1) is 10.4. The molecule has 1 atom stereocenters. The van der Waals surface area contributed by atoms with Gasteiger partial charge in [0, 0.05) is 4.47 Å². The Morgan fingerprint density at radius 2 is 1.95 bits per heavy atom. The Labute approximate surface area is 140 Å². The Hall–Kier alpha value is -1.36. The molecule has 22 heavy (non-hydrogen) atoms. The summed E-state index contributed by atoms with van der Waals surface area (Å²) in [6.45, 7) is 4.02. The van der Waals surface area contributed by atoms with Crippen LogP contribution < -0.4 is 11.1 Å². The van der Waals surface area contributed by atoms with Crippen molar-refractivity contribution >= 4 is 27.7 Å². The van der Waals surface area contributed by atoms with E-state index in [-0.39, 0.29) is 5.91 Å². The number of amides is 2. The number of benzene rings is 1. The van der Waals surface area contributed by atoms with E-state index in [9.17, 15) is 9.59 Å². The van der Waals surface area contributed by atoms with Gasteiger partial charge in [0.15, 0.2) is 0 Å². The minimum Gasteiger partial charge on any atom is -0.368 e. The summed E-state index contributed by atoms with van der Waals surface area (Å²) in [4.78, 5) is 24.5. The van der Waals surface area contributed by atoms with Crippen LogP contribution in [0.3, 0.4) is 0 Å². The number of nitrogens with two attached hydrogens (primary N) is 1. The molecule has 0 radical (unpaired) electrons. The molecule has 5 heteroatoms. The molecule has 0 heterocycles. The first-order valence-corrected chi connectivity index (χ1v) is 8.51. The van der Waals surface area contributed by atoms with Crippen molar-refractivity contribution in [2.45, 2.75) is 51.0 Å². The molecule has 0 bridgehead atoms. The highest BCUT2D eigenvalue weighted by Gasteiger charge is 2.47. The van der Waals surface area contributed by atoms with Gasteiger partial charge in [-0.15, -0.1) is 0 Å². The minimum absolute atomic E-state index is 0.0879. The molecule has 1 aliphatic rings. The maximum Gasteiger partial charge on any atom is 0.240 e. The molecular formula is C17H23BrN2O2. The van der Waals surface area contributed by atoms with E-state index in [0.717, 1.165) is 29.3 Å². The second-order valence-electron chi connectivity index (χ2n) is 6.47. The lowest BCUT2D eigenvalue weighted by atomic mass is 9.63. The van der Waals surface area contributed by atoms with Crippen LogP contribution in [0.25, 0.3) is 0 Å². The van der Waals surface area contributed by atoms with Crippen molar-refractivity contribution < 1.29 is 9.59 Å². The third-order valence-electron chi connectivity index (χ3n) is 4.39. The predicted molar refractivity (Wildman–Crippen MR) is 90.3 cm³/mol. The normalized spacial score (nSPS) is 17.6. The molecule has 1 aromatic rings. The van der Waals surface area contributed by atoms with Gasteiger partial charge in [-0.3, -0.25) is 9.59 Å². The van der Waals surface area contributed by atoms with Crippen LogP contribution in [-0.2, 0) is 15.0 Å². The Bertz CT molecular complexity index is 568. The summed E-state index contributed by atoms with van der Waals surface area (Å²) in [7, 11) is 0. The molecule has 3 N–H and O–H groups in total. The lowest BCUT2D eigenvalue weighted by Gasteiger charge is -2.42. The number of nitrogens with one attached hydrogen (secondary N) is 1. The molecule has 120 valence electrons. The lowest BCUT2D eigenvalue weighted by molar-refractivity contribution is -0.134. The van der Waals surface area contributed by atoms with Crippen molar-refractivity contribution in [3.8, 4) is 0 Å². The third-order valence-corrected chi connectivity index (χ3v) is 5.08. The fourth-order valence-corrected chi connectivity index (χ4v) is 3.68. The molecule has 0 aromatic heterocycles. The number of hydrogen-bond acceptors (Lipinski definition) is 2. The van der Waals surface area contributed by atoms with Gasteiger partial charge in [0.1, 0.15) is 6.04 Å². The van der Waals surface area contributed by atoms with E-state index in [1.807, 2.05) is 38.1 Å². The van der Waals surface area contributed by atoms with E-state index < -0.39 is 17.4 Å². The summed E-state index contributed by atoms with van der Waals surface area (Å²) in [5.74, 6) is -0.266. The van der Waals surface area contributed by atoms with Crippen molar-refractivity contribution in [2.24, 2.45) is 11.7 Å². The van der Waals surface area contributed by atoms with Crippen molar-refractivity contribution in [1.29, 1.82) is 0 Å². The summed E-state index contributed by atoms with van der Waals surface area (Å²) in [6.07, 6.45) is 3.18. The second-order valence-corrected chi connectivity index (χ2v) is 7.33. The third kappa shape index (κ3) is 3.35. The molecule has 0 saturated heterocycles. The molecule has 1 saturated carbocycles. The van der Waals surface area contributed by atoms with Gasteiger partial charge in [0.05, 0.1) is 5.41 Å². The molecular weight excluding hydrogens is 344 g/mol. The number of hydrogen-bond donors (Lipinski definition) is 2. The predicted octanol–water partition coefficient (Wildman–Crippen LogP) is 2.89. The van der Waals surface area contributed by atoms with Gasteiger partial charge in [0.25, 0.3) is 0 Å². The summed E-state index contributed by atoms with van der Waals surface area (Å²) >= 11 is 3.54. The summed E-state index contributed by atoms with van der Waals surface area (Å²) < 4.78 is 0.935. The lowest BCUT2D eigenvalue weighted by Crippen LogP contribution is -2.55. The quantitative estimate of drug-likeness (QED) is 0.812. The second kappa shape index (κ2) is 6.82.